The van der Waals surface area contributed by atoms with E-state index in [-0.39, 0.29) is 29.5 Å². The van der Waals surface area contributed by atoms with Gasteiger partial charge in [0, 0.05) is 48.6 Å². The van der Waals surface area contributed by atoms with Crippen molar-refractivity contribution in [1.82, 2.24) is 20.2 Å². The average molecular weight is 529 g/mol. The van der Waals surface area contributed by atoms with Gasteiger partial charge in [-0.2, -0.15) is 0 Å². The number of rotatable bonds is 5. The van der Waals surface area contributed by atoms with Crippen molar-refractivity contribution in [2.24, 2.45) is 5.92 Å². The number of fused-ring (bicyclic) bond motifs is 5. The van der Waals surface area contributed by atoms with Gasteiger partial charge in [-0.3, -0.25) is 14.6 Å². The van der Waals surface area contributed by atoms with E-state index < -0.39 is 5.82 Å². The first-order valence-corrected chi connectivity index (χ1v) is 13.7. The summed E-state index contributed by atoms with van der Waals surface area (Å²) in [6.07, 6.45) is 4.47. The largest absolute Gasteiger partial charge is 0.494 e. The van der Waals surface area contributed by atoms with Gasteiger partial charge in [-0.05, 0) is 61.4 Å². The molecule has 8 heteroatoms. The van der Waals surface area contributed by atoms with Crippen LogP contribution >= 0.6 is 0 Å². The Morgan fingerprint density at radius 2 is 1.95 bits per heavy atom. The Kier molecular flexibility index (Phi) is 6.71. The predicted octanol–water partition coefficient (Wildman–Crippen LogP) is 5.21. The average Bonchev–Trinajstić information content (AvgIpc) is 3.34. The summed E-state index contributed by atoms with van der Waals surface area (Å²) in [6.45, 7) is 2.81. The highest BCUT2D eigenvalue weighted by molar-refractivity contribution is 6.10. The van der Waals surface area contributed by atoms with Gasteiger partial charge < -0.3 is 19.9 Å². The van der Waals surface area contributed by atoms with E-state index in [1.807, 2.05) is 23.1 Å². The van der Waals surface area contributed by atoms with Gasteiger partial charge >= 0.3 is 0 Å². The first-order valence-electron chi connectivity index (χ1n) is 13.7. The van der Waals surface area contributed by atoms with Crippen molar-refractivity contribution in [3.63, 3.8) is 0 Å². The normalized spacial score (nSPS) is 17.8. The fourth-order valence-electron chi connectivity index (χ4n) is 6.26. The zero-order valence-electron chi connectivity index (χ0n) is 22.4. The predicted molar refractivity (Wildman–Crippen MR) is 148 cm³/mol. The Labute approximate surface area is 226 Å². The molecule has 0 bridgehead atoms. The molecule has 7 nitrogen and oxygen atoms in total. The van der Waals surface area contributed by atoms with Crippen molar-refractivity contribution in [3.8, 4) is 5.75 Å². The van der Waals surface area contributed by atoms with E-state index >= 15 is 0 Å². The Hall–Kier alpha value is -3.94. The Balaban J connectivity index is 1.37. The molecule has 2 N–H and O–H groups in total. The smallest absolute Gasteiger partial charge is 0.223 e. The molecule has 1 saturated heterocycles. The number of carbonyl (C=O) groups is 2. The lowest BCUT2D eigenvalue weighted by Gasteiger charge is -2.32. The van der Waals surface area contributed by atoms with Gasteiger partial charge in [0.2, 0.25) is 11.8 Å². The molecule has 4 aromatic rings. The summed E-state index contributed by atoms with van der Waals surface area (Å²) >= 11 is 0. The first-order chi connectivity index (χ1) is 18.9. The Bertz CT molecular complexity index is 1570. The molecule has 3 heterocycles. The van der Waals surface area contributed by atoms with E-state index in [2.05, 4.69) is 22.4 Å². The number of amides is 2. The van der Waals surface area contributed by atoms with Crippen LogP contribution in [0.3, 0.4) is 0 Å². The van der Waals surface area contributed by atoms with Gasteiger partial charge in [0.05, 0.1) is 30.1 Å². The molecule has 2 aliphatic rings. The lowest BCUT2D eigenvalue weighted by Crippen LogP contribution is -2.43. The highest BCUT2D eigenvalue weighted by Gasteiger charge is 2.32. The molecule has 1 aliphatic heterocycles. The Morgan fingerprint density at radius 3 is 2.69 bits per heavy atom. The zero-order chi connectivity index (χ0) is 27.1. The number of pyridine rings is 1. The van der Waals surface area contributed by atoms with Crippen LogP contribution in [-0.2, 0) is 22.4 Å². The monoisotopic (exact) mass is 528 g/mol. The second-order valence-corrected chi connectivity index (χ2v) is 10.7. The maximum Gasteiger partial charge on any atom is 0.223 e. The molecule has 2 aromatic heterocycles. The lowest BCUT2D eigenvalue weighted by atomic mass is 9.87. The SMILES string of the molecule is COc1ccc(Cc2nc3c(c4c2[nH]c2ccccc24)CCCC3NC(=O)C2CCN(C(C)=O)CC2)cc1F. The summed E-state index contributed by atoms with van der Waals surface area (Å²) in [5.41, 5.74) is 5.73. The molecule has 2 aromatic carbocycles. The third kappa shape index (κ3) is 4.73. The third-order valence-electron chi connectivity index (χ3n) is 8.33. The van der Waals surface area contributed by atoms with Gasteiger partial charge in [0.15, 0.2) is 11.6 Å². The van der Waals surface area contributed by atoms with Crippen LogP contribution in [0.2, 0.25) is 0 Å². The number of nitrogens with one attached hydrogen (secondary N) is 2. The number of aromatic nitrogens is 2. The van der Waals surface area contributed by atoms with E-state index in [9.17, 15) is 14.0 Å². The van der Waals surface area contributed by atoms with Gasteiger partial charge in [-0.1, -0.05) is 24.3 Å². The quantitative estimate of drug-likeness (QED) is 0.373. The van der Waals surface area contributed by atoms with Gasteiger partial charge in [-0.25, -0.2) is 4.39 Å². The summed E-state index contributed by atoms with van der Waals surface area (Å²) in [5.74, 6) is -0.196. The standard InChI is InChI=1S/C31H33FN4O3/c1-18(37)36-14-12-20(13-15-36)31(38)35-25-9-5-7-22-28-21-6-3-4-8-24(21)33-30(28)26(34-29(22)25)17-19-10-11-27(39-2)23(32)16-19/h3-4,6,8,10-11,16,20,25,33H,5,7,9,12-15,17H2,1-2H3,(H,35,38). The van der Waals surface area contributed by atoms with Crippen molar-refractivity contribution < 1.29 is 18.7 Å². The molecule has 1 aliphatic carbocycles. The first kappa shape index (κ1) is 25.3. The summed E-state index contributed by atoms with van der Waals surface area (Å²) < 4.78 is 19.6. The van der Waals surface area contributed by atoms with E-state index in [1.165, 1.54) is 18.7 Å². The molecule has 202 valence electrons. The number of methoxy groups -OCH3 is 1. The molecule has 0 radical (unpaired) electrons. The molecule has 1 atom stereocenters. The van der Waals surface area contributed by atoms with Gasteiger partial charge in [0.25, 0.3) is 0 Å². The topological polar surface area (TPSA) is 87.3 Å². The highest BCUT2D eigenvalue weighted by Crippen LogP contribution is 2.39. The number of halogens is 1. The summed E-state index contributed by atoms with van der Waals surface area (Å²) in [5, 5.41) is 5.60. The van der Waals surface area contributed by atoms with Crippen LogP contribution in [0.25, 0.3) is 21.8 Å². The van der Waals surface area contributed by atoms with E-state index in [0.717, 1.165) is 58.0 Å². The third-order valence-corrected chi connectivity index (χ3v) is 8.33. The highest BCUT2D eigenvalue weighted by atomic mass is 19.1. The number of ether oxygens (including phenoxy) is 1. The van der Waals surface area contributed by atoms with E-state index in [0.29, 0.717) is 32.4 Å². The Morgan fingerprint density at radius 1 is 1.15 bits per heavy atom. The number of aromatic amines is 1. The number of para-hydroxylation sites is 1. The van der Waals surface area contributed by atoms with Crippen molar-refractivity contribution >= 4 is 33.6 Å². The molecule has 0 saturated carbocycles. The lowest BCUT2D eigenvalue weighted by molar-refractivity contribution is -0.134. The summed E-state index contributed by atoms with van der Waals surface area (Å²) in [6, 6.07) is 13.1. The van der Waals surface area contributed by atoms with Crippen molar-refractivity contribution in [3.05, 3.63) is 70.8 Å². The van der Waals surface area contributed by atoms with Crippen LogP contribution in [-0.4, -0.2) is 46.9 Å². The maximum absolute atomic E-state index is 14.5. The van der Waals surface area contributed by atoms with Gasteiger partial charge in [0.1, 0.15) is 0 Å². The molecule has 39 heavy (non-hydrogen) atoms. The maximum atomic E-state index is 14.5. The number of aryl methyl sites for hydroxylation is 1. The molecular weight excluding hydrogens is 495 g/mol. The minimum Gasteiger partial charge on any atom is -0.494 e. The van der Waals surface area contributed by atoms with Crippen LogP contribution in [0.4, 0.5) is 4.39 Å². The van der Waals surface area contributed by atoms with Crippen LogP contribution in [0.15, 0.2) is 42.5 Å². The van der Waals surface area contributed by atoms with Crippen molar-refractivity contribution in [2.45, 2.75) is 51.5 Å². The molecular formula is C31H33FN4O3. The number of H-pyrrole nitrogens is 1. The molecule has 1 fully saturated rings. The molecule has 0 spiro atoms. The molecule has 6 rings (SSSR count). The minimum absolute atomic E-state index is 0.0376. The molecule has 2 amide bonds. The minimum atomic E-state index is -0.401. The van der Waals surface area contributed by atoms with Crippen LogP contribution in [0, 0.1) is 11.7 Å². The number of carbonyl (C=O) groups excluding carboxylic acids is 2. The number of benzene rings is 2. The second kappa shape index (κ2) is 10.3. The van der Waals surface area contributed by atoms with E-state index in [4.69, 9.17) is 9.72 Å². The number of hydrogen-bond donors (Lipinski definition) is 2. The van der Waals surface area contributed by atoms with Crippen molar-refractivity contribution in [1.29, 1.82) is 0 Å². The van der Waals surface area contributed by atoms with E-state index in [1.54, 1.807) is 13.0 Å². The number of likely N-dealkylation sites (tertiary alicyclic amines) is 1. The number of hydrogen-bond acceptors (Lipinski definition) is 4. The van der Waals surface area contributed by atoms with Crippen LogP contribution in [0.5, 0.6) is 5.75 Å². The fourth-order valence-corrected chi connectivity index (χ4v) is 6.26. The van der Waals surface area contributed by atoms with Crippen LogP contribution in [0.1, 0.15) is 61.2 Å². The number of nitrogens with zero attached hydrogens (tertiary/aromatic N) is 2. The summed E-state index contributed by atoms with van der Waals surface area (Å²) in [7, 11) is 1.46. The van der Waals surface area contributed by atoms with Crippen molar-refractivity contribution in [2.75, 3.05) is 20.2 Å². The number of piperidine rings is 1. The second-order valence-electron chi connectivity index (χ2n) is 10.7. The molecule has 1 unspecified atom stereocenters. The summed E-state index contributed by atoms with van der Waals surface area (Å²) in [4.78, 5) is 35.6. The fraction of sp³-hybridized carbons (Fsp3) is 0.387. The van der Waals surface area contributed by atoms with Crippen LogP contribution < -0.4 is 10.1 Å². The van der Waals surface area contributed by atoms with Gasteiger partial charge in [-0.15, -0.1) is 0 Å². The zero-order valence-corrected chi connectivity index (χ0v) is 22.4.